The fraction of sp³-hybridized carbons (Fsp3) is 0.250. The molecular weight excluding hydrogens is 316 g/mol. The van der Waals surface area contributed by atoms with Crippen molar-refractivity contribution < 1.29 is 30.6 Å². The average Bonchev–Trinajstić information content (AvgIpc) is 2.57. The monoisotopic (exact) mass is 334 g/mol. The molecule has 0 unspecified atom stereocenters. The first kappa shape index (κ1) is 15.7. The summed E-state index contributed by atoms with van der Waals surface area (Å²) in [6.07, 6.45) is 0. The number of anilines is 2. The van der Waals surface area contributed by atoms with E-state index in [1.165, 1.54) is 24.3 Å². The highest BCUT2D eigenvalue weighted by atomic mass is 16.3. The Kier molecular flexibility index (Phi) is 3.80. The number of phenols is 6. The molecule has 1 aliphatic rings. The minimum absolute atomic E-state index is 0.388. The van der Waals surface area contributed by atoms with Gasteiger partial charge in [-0.25, -0.2) is 0 Å². The standard InChI is InChI=1S/C16H18N2O6/c19-11-5-9(6-12(20)15(11)23)17-1-2-18(4-3-17)10-7-13(21)16(24)14(22)8-10/h5-8,19-24H,1-4H2. The lowest BCUT2D eigenvalue weighted by Gasteiger charge is -2.37. The van der Waals surface area contributed by atoms with Gasteiger partial charge in [-0.05, 0) is 0 Å². The summed E-state index contributed by atoms with van der Waals surface area (Å²) in [6.45, 7) is 2.25. The molecule has 6 N–H and O–H groups in total. The molecule has 0 saturated carbocycles. The summed E-state index contributed by atoms with van der Waals surface area (Å²) in [6, 6.07) is 5.51. The van der Waals surface area contributed by atoms with E-state index >= 15 is 0 Å². The van der Waals surface area contributed by atoms with Crippen molar-refractivity contribution in [2.75, 3.05) is 36.0 Å². The quantitative estimate of drug-likeness (QED) is 0.453. The van der Waals surface area contributed by atoms with Gasteiger partial charge in [0.05, 0.1) is 0 Å². The maximum atomic E-state index is 9.60. The van der Waals surface area contributed by atoms with E-state index in [4.69, 9.17) is 0 Å². The molecule has 24 heavy (non-hydrogen) atoms. The molecule has 0 bridgehead atoms. The van der Waals surface area contributed by atoms with Gasteiger partial charge in [0.2, 0.25) is 0 Å². The Morgan fingerprint density at radius 1 is 0.500 bits per heavy atom. The van der Waals surface area contributed by atoms with Crippen LogP contribution in [0.15, 0.2) is 24.3 Å². The van der Waals surface area contributed by atoms with E-state index in [-0.39, 0.29) is 23.0 Å². The molecule has 3 rings (SSSR count). The van der Waals surface area contributed by atoms with Crippen molar-refractivity contribution >= 4 is 11.4 Å². The third-order valence-electron chi connectivity index (χ3n) is 4.12. The van der Waals surface area contributed by atoms with Gasteiger partial charge < -0.3 is 40.4 Å². The van der Waals surface area contributed by atoms with Crippen molar-refractivity contribution in [1.82, 2.24) is 0 Å². The Balaban J connectivity index is 1.74. The largest absolute Gasteiger partial charge is 0.504 e. The van der Waals surface area contributed by atoms with E-state index in [1.807, 2.05) is 9.80 Å². The van der Waals surface area contributed by atoms with Gasteiger partial charge in [0.25, 0.3) is 0 Å². The van der Waals surface area contributed by atoms with Crippen molar-refractivity contribution in [1.29, 1.82) is 0 Å². The fourth-order valence-electron chi connectivity index (χ4n) is 2.77. The Morgan fingerprint density at radius 2 is 0.750 bits per heavy atom. The van der Waals surface area contributed by atoms with Crippen molar-refractivity contribution in [2.45, 2.75) is 0 Å². The summed E-state index contributed by atoms with van der Waals surface area (Å²) in [5.41, 5.74) is 1.16. The van der Waals surface area contributed by atoms with Gasteiger partial charge in [-0.1, -0.05) is 0 Å². The van der Waals surface area contributed by atoms with Crippen LogP contribution in [0, 0.1) is 0 Å². The Morgan fingerprint density at radius 3 is 1.00 bits per heavy atom. The van der Waals surface area contributed by atoms with Crippen molar-refractivity contribution in [3.63, 3.8) is 0 Å². The Hall–Kier alpha value is -3.16. The zero-order valence-corrected chi connectivity index (χ0v) is 12.7. The molecule has 0 aliphatic carbocycles. The maximum Gasteiger partial charge on any atom is 0.200 e. The molecule has 1 saturated heterocycles. The van der Waals surface area contributed by atoms with Crippen LogP contribution in [0.2, 0.25) is 0 Å². The summed E-state index contributed by atoms with van der Waals surface area (Å²) in [4.78, 5) is 3.85. The summed E-state index contributed by atoms with van der Waals surface area (Å²) in [5, 5.41) is 57.2. The number of rotatable bonds is 2. The highest BCUT2D eigenvalue weighted by Crippen LogP contribution is 2.40. The minimum Gasteiger partial charge on any atom is -0.504 e. The van der Waals surface area contributed by atoms with Gasteiger partial charge in [-0.15, -0.1) is 0 Å². The second kappa shape index (κ2) is 5.80. The first-order valence-corrected chi connectivity index (χ1v) is 7.36. The lowest BCUT2D eigenvalue weighted by Crippen LogP contribution is -2.46. The first-order chi connectivity index (χ1) is 11.4. The molecule has 0 aromatic heterocycles. The van der Waals surface area contributed by atoms with Gasteiger partial charge in [0.15, 0.2) is 34.5 Å². The van der Waals surface area contributed by atoms with Crippen LogP contribution in [0.1, 0.15) is 0 Å². The van der Waals surface area contributed by atoms with Gasteiger partial charge in [-0.3, -0.25) is 0 Å². The van der Waals surface area contributed by atoms with Gasteiger partial charge in [0.1, 0.15) is 0 Å². The van der Waals surface area contributed by atoms with Crippen LogP contribution in [0.4, 0.5) is 11.4 Å². The molecule has 0 spiro atoms. The summed E-state index contributed by atoms with van der Waals surface area (Å²) in [7, 11) is 0. The molecule has 1 fully saturated rings. The first-order valence-electron chi connectivity index (χ1n) is 7.36. The summed E-state index contributed by atoms with van der Waals surface area (Å²) >= 11 is 0. The fourth-order valence-corrected chi connectivity index (χ4v) is 2.77. The molecule has 0 amide bonds. The Labute approximate surface area is 137 Å². The maximum absolute atomic E-state index is 9.60. The molecule has 8 nitrogen and oxygen atoms in total. The van der Waals surface area contributed by atoms with E-state index in [2.05, 4.69) is 0 Å². The van der Waals surface area contributed by atoms with Gasteiger partial charge >= 0.3 is 0 Å². The molecule has 0 radical (unpaired) electrons. The lowest BCUT2D eigenvalue weighted by atomic mass is 10.2. The number of aromatic hydroxyl groups is 6. The van der Waals surface area contributed by atoms with Crippen LogP contribution in [0.3, 0.4) is 0 Å². The molecule has 2 aromatic rings. The highest BCUT2D eigenvalue weighted by molar-refractivity contribution is 5.64. The average molecular weight is 334 g/mol. The molecular formula is C16H18N2O6. The molecule has 0 atom stereocenters. The zero-order valence-electron chi connectivity index (χ0n) is 12.7. The second-order valence-electron chi connectivity index (χ2n) is 5.64. The summed E-state index contributed by atoms with van der Waals surface area (Å²) < 4.78 is 0. The number of hydrogen-bond acceptors (Lipinski definition) is 8. The van der Waals surface area contributed by atoms with E-state index in [9.17, 15) is 30.6 Å². The van der Waals surface area contributed by atoms with E-state index in [0.717, 1.165) is 0 Å². The van der Waals surface area contributed by atoms with E-state index < -0.39 is 11.5 Å². The van der Waals surface area contributed by atoms with Crippen LogP contribution < -0.4 is 9.80 Å². The number of hydrogen-bond donors (Lipinski definition) is 6. The summed E-state index contributed by atoms with van der Waals surface area (Å²) in [5.74, 6) is -2.65. The Bertz CT molecular complexity index is 660. The third kappa shape index (κ3) is 2.73. The number of nitrogens with zero attached hydrogens (tertiary/aromatic N) is 2. The number of phenolic OH excluding ortho intramolecular Hbond substituents is 6. The smallest absolute Gasteiger partial charge is 0.200 e. The van der Waals surface area contributed by atoms with Crippen molar-refractivity contribution in [2.24, 2.45) is 0 Å². The molecule has 1 heterocycles. The lowest BCUT2D eigenvalue weighted by molar-refractivity contribution is 0.367. The van der Waals surface area contributed by atoms with Crippen LogP contribution in [0.5, 0.6) is 34.5 Å². The van der Waals surface area contributed by atoms with Crippen LogP contribution in [0.25, 0.3) is 0 Å². The highest BCUT2D eigenvalue weighted by Gasteiger charge is 2.21. The van der Waals surface area contributed by atoms with Gasteiger partial charge in [-0.2, -0.15) is 0 Å². The normalized spacial score (nSPS) is 14.8. The van der Waals surface area contributed by atoms with E-state index in [0.29, 0.717) is 37.6 Å². The van der Waals surface area contributed by atoms with Crippen LogP contribution >= 0.6 is 0 Å². The molecule has 1 aliphatic heterocycles. The van der Waals surface area contributed by atoms with Gasteiger partial charge in [0, 0.05) is 61.8 Å². The minimum atomic E-state index is -0.549. The topological polar surface area (TPSA) is 128 Å². The zero-order chi connectivity index (χ0) is 17.4. The van der Waals surface area contributed by atoms with Crippen LogP contribution in [-0.2, 0) is 0 Å². The van der Waals surface area contributed by atoms with Crippen molar-refractivity contribution in [3.8, 4) is 34.5 Å². The predicted molar refractivity (Wildman–Crippen MR) is 87.3 cm³/mol. The van der Waals surface area contributed by atoms with Crippen LogP contribution in [-0.4, -0.2) is 56.8 Å². The van der Waals surface area contributed by atoms with Crippen molar-refractivity contribution in [3.05, 3.63) is 24.3 Å². The second-order valence-corrected chi connectivity index (χ2v) is 5.64. The SMILES string of the molecule is Oc1cc(N2CCN(c3cc(O)c(O)c(O)c3)CC2)cc(O)c1O. The number of piperazine rings is 1. The molecule has 8 heteroatoms. The van der Waals surface area contributed by atoms with E-state index in [1.54, 1.807) is 0 Å². The predicted octanol–water partition coefficient (Wildman–Crippen LogP) is 1.25. The molecule has 2 aromatic carbocycles. The third-order valence-corrected chi connectivity index (χ3v) is 4.12. The number of benzene rings is 2. The molecule has 128 valence electrons.